The van der Waals surface area contributed by atoms with Gasteiger partial charge in [0, 0.05) is 0 Å². The van der Waals surface area contributed by atoms with Crippen molar-refractivity contribution in [1.82, 2.24) is 19.7 Å². The van der Waals surface area contributed by atoms with E-state index in [1.54, 1.807) is 12.4 Å². The second-order valence-corrected chi connectivity index (χ2v) is 3.07. The predicted molar refractivity (Wildman–Crippen MR) is 50.1 cm³/mol. The third-order valence-electron chi connectivity index (χ3n) is 1.62. The Morgan fingerprint density at radius 2 is 2.21 bits per heavy atom. The molecule has 0 radical (unpaired) electrons. The van der Waals surface area contributed by atoms with E-state index in [4.69, 9.17) is 16.7 Å². The number of aliphatic hydroxyl groups excluding tert-OH is 1. The zero-order chi connectivity index (χ0) is 9.97. The molecule has 0 aliphatic heterocycles. The molecule has 0 atom stereocenters. The molecule has 1 N–H and O–H groups in total. The van der Waals surface area contributed by atoms with Crippen molar-refractivity contribution in [2.75, 3.05) is 0 Å². The fraction of sp³-hybridized carbons (Fsp3) is 0.125. The average Bonchev–Trinajstić information content (AvgIpc) is 2.65. The molecule has 72 valence electrons. The Morgan fingerprint density at radius 3 is 2.86 bits per heavy atom. The van der Waals surface area contributed by atoms with Crippen LogP contribution in [0.2, 0.25) is 5.02 Å². The van der Waals surface area contributed by atoms with Gasteiger partial charge in [-0.15, -0.1) is 0 Å². The van der Waals surface area contributed by atoms with Gasteiger partial charge in [-0.1, -0.05) is 11.6 Å². The van der Waals surface area contributed by atoms with E-state index in [1.165, 1.54) is 17.1 Å². The molecule has 6 heteroatoms. The molecule has 0 saturated heterocycles. The lowest BCUT2D eigenvalue weighted by atomic mass is 10.5. The monoisotopic (exact) mass is 210 g/mol. The summed E-state index contributed by atoms with van der Waals surface area (Å²) in [6.45, 7) is -0.143. The van der Waals surface area contributed by atoms with Crippen LogP contribution in [0.3, 0.4) is 0 Å². The van der Waals surface area contributed by atoms with Crippen LogP contribution in [0.4, 0.5) is 0 Å². The Morgan fingerprint density at radius 1 is 1.36 bits per heavy atom. The second kappa shape index (κ2) is 3.73. The van der Waals surface area contributed by atoms with Crippen molar-refractivity contribution in [1.29, 1.82) is 0 Å². The number of hydrogen-bond acceptors (Lipinski definition) is 4. The van der Waals surface area contributed by atoms with Gasteiger partial charge in [0.2, 0.25) is 0 Å². The van der Waals surface area contributed by atoms with Crippen LogP contribution in [0.25, 0.3) is 5.82 Å². The summed E-state index contributed by atoms with van der Waals surface area (Å²) in [5.74, 6) is 0.531. The Kier molecular flexibility index (Phi) is 2.43. The summed E-state index contributed by atoms with van der Waals surface area (Å²) in [6.07, 6.45) is 6.17. The Hall–Kier alpha value is -1.46. The zero-order valence-corrected chi connectivity index (χ0v) is 7.89. The van der Waals surface area contributed by atoms with Gasteiger partial charge in [-0.3, -0.25) is 4.98 Å². The van der Waals surface area contributed by atoms with E-state index < -0.39 is 0 Å². The van der Waals surface area contributed by atoms with Crippen LogP contribution in [0.15, 0.2) is 24.8 Å². The lowest BCUT2D eigenvalue weighted by molar-refractivity contribution is 0.276. The quantitative estimate of drug-likeness (QED) is 0.797. The highest BCUT2D eigenvalue weighted by atomic mass is 35.5. The predicted octanol–water partition coefficient (Wildman–Crippen LogP) is 0.808. The molecule has 0 aliphatic rings. The van der Waals surface area contributed by atoms with Crippen molar-refractivity contribution in [2.45, 2.75) is 6.61 Å². The lowest BCUT2D eigenvalue weighted by Crippen LogP contribution is -2.01. The Balaban J connectivity index is 2.41. The summed E-state index contributed by atoms with van der Waals surface area (Å²) in [5, 5.41) is 13.3. The van der Waals surface area contributed by atoms with Gasteiger partial charge in [-0.25, -0.2) is 9.67 Å². The van der Waals surface area contributed by atoms with Gasteiger partial charge < -0.3 is 5.11 Å². The maximum atomic E-state index is 8.86. The highest BCUT2D eigenvalue weighted by Crippen LogP contribution is 2.09. The molecule has 2 rings (SSSR count). The first-order valence-electron chi connectivity index (χ1n) is 3.92. The standard InChI is InChI=1S/C8H7ClN4O/c9-6-1-11-13(4-6)8-3-10-2-7(5-14)12-8/h1-4,14H,5H2. The van der Waals surface area contributed by atoms with Gasteiger partial charge in [-0.2, -0.15) is 5.10 Å². The molecule has 0 bridgehead atoms. The summed E-state index contributed by atoms with van der Waals surface area (Å²) in [6, 6.07) is 0. The maximum absolute atomic E-state index is 8.86. The Bertz CT molecular complexity index is 442. The summed E-state index contributed by atoms with van der Waals surface area (Å²) < 4.78 is 1.49. The van der Waals surface area contributed by atoms with E-state index in [0.29, 0.717) is 16.5 Å². The fourth-order valence-electron chi connectivity index (χ4n) is 1.01. The summed E-state index contributed by atoms with van der Waals surface area (Å²) in [5.41, 5.74) is 0.495. The van der Waals surface area contributed by atoms with Crippen molar-refractivity contribution in [3.8, 4) is 5.82 Å². The van der Waals surface area contributed by atoms with Crippen LogP contribution in [0.1, 0.15) is 5.69 Å². The molecule has 0 aromatic carbocycles. The zero-order valence-electron chi connectivity index (χ0n) is 7.13. The van der Waals surface area contributed by atoms with E-state index in [2.05, 4.69) is 15.1 Å². The average molecular weight is 211 g/mol. The second-order valence-electron chi connectivity index (χ2n) is 2.63. The van der Waals surface area contributed by atoms with Crippen LogP contribution < -0.4 is 0 Å². The molecule has 0 unspecified atom stereocenters. The van der Waals surface area contributed by atoms with Crippen LogP contribution >= 0.6 is 11.6 Å². The smallest absolute Gasteiger partial charge is 0.172 e. The number of nitrogens with zero attached hydrogens (tertiary/aromatic N) is 4. The molecule has 2 heterocycles. The summed E-state index contributed by atoms with van der Waals surface area (Å²) in [4.78, 5) is 8.02. The molecule has 2 aromatic heterocycles. The normalized spacial score (nSPS) is 10.4. The molecule has 0 aliphatic carbocycles. The van der Waals surface area contributed by atoms with Crippen molar-refractivity contribution < 1.29 is 5.11 Å². The van der Waals surface area contributed by atoms with Crippen LogP contribution in [0.5, 0.6) is 0 Å². The molecule has 2 aromatic rings. The third-order valence-corrected chi connectivity index (χ3v) is 1.81. The van der Waals surface area contributed by atoms with Gasteiger partial charge in [0.05, 0.1) is 42.1 Å². The van der Waals surface area contributed by atoms with Crippen molar-refractivity contribution in [3.63, 3.8) is 0 Å². The van der Waals surface area contributed by atoms with E-state index >= 15 is 0 Å². The minimum atomic E-state index is -0.143. The van der Waals surface area contributed by atoms with Gasteiger partial charge >= 0.3 is 0 Å². The largest absolute Gasteiger partial charge is 0.390 e. The number of hydrogen-bond donors (Lipinski definition) is 1. The number of rotatable bonds is 2. The molecule has 0 saturated carbocycles. The number of halogens is 1. The minimum Gasteiger partial charge on any atom is -0.390 e. The SMILES string of the molecule is OCc1cncc(-n2cc(Cl)cn2)n1. The van der Waals surface area contributed by atoms with Gasteiger partial charge in [0.15, 0.2) is 5.82 Å². The van der Waals surface area contributed by atoms with E-state index in [9.17, 15) is 0 Å². The Labute approximate surface area is 85.0 Å². The van der Waals surface area contributed by atoms with E-state index in [1.807, 2.05) is 0 Å². The number of aromatic nitrogens is 4. The topological polar surface area (TPSA) is 63.8 Å². The first-order valence-corrected chi connectivity index (χ1v) is 4.30. The number of aliphatic hydroxyl groups is 1. The summed E-state index contributed by atoms with van der Waals surface area (Å²) in [7, 11) is 0. The first-order chi connectivity index (χ1) is 6.79. The van der Waals surface area contributed by atoms with Crippen molar-refractivity contribution >= 4 is 11.6 Å². The molecule has 0 spiro atoms. The first kappa shape index (κ1) is 9.11. The molecule has 14 heavy (non-hydrogen) atoms. The molecule has 5 nitrogen and oxygen atoms in total. The summed E-state index contributed by atoms with van der Waals surface area (Å²) >= 11 is 5.70. The van der Waals surface area contributed by atoms with Crippen LogP contribution in [-0.2, 0) is 6.61 Å². The maximum Gasteiger partial charge on any atom is 0.172 e. The van der Waals surface area contributed by atoms with Gasteiger partial charge in [0.1, 0.15) is 0 Å². The minimum absolute atomic E-state index is 0.143. The molecule has 0 amide bonds. The molecular formula is C8H7ClN4O. The van der Waals surface area contributed by atoms with E-state index in [0.717, 1.165) is 0 Å². The van der Waals surface area contributed by atoms with E-state index in [-0.39, 0.29) is 6.61 Å². The third kappa shape index (κ3) is 1.73. The molecular weight excluding hydrogens is 204 g/mol. The van der Waals surface area contributed by atoms with Gasteiger partial charge in [-0.05, 0) is 0 Å². The van der Waals surface area contributed by atoms with Crippen LogP contribution in [-0.4, -0.2) is 24.9 Å². The highest BCUT2D eigenvalue weighted by Gasteiger charge is 2.01. The fourth-order valence-corrected chi connectivity index (χ4v) is 1.14. The van der Waals surface area contributed by atoms with Crippen molar-refractivity contribution in [2.24, 2.45) is 0 Å². The molecule has 0 fully saturated rings. The highest BCUT2D eigenvalue weighted by molar-refractivity contribution is 6.30. The van der Waals surface area contributed by atoms with Gasteiger partial charge in [0.25, 0.3) is 0 Å². The van der Waals surface area contributed by atoms with Crippen molar-refractivity contribution in [3.05, 3.63) is 35.5 Å². The lowest BCUT2D eigenvalue weighted by Gasteiger charge is -2.00. The van der Waals surface area contributed by atoms with Crippen LogP contribution in [0, 0.1) is 0 Å².